The predicted octanol–water partition coefficient (Wildman–Crippen LogP) is 1.93. The van der Waals surface area contributed by atoms with Gasteiger partial charge in [0.1, 0.15) is 0 Å². The molecule has 2 atom stereocenters. The molecule has 1 aliphatic rings. The molecule has 0 saturated heterocycles. The minimum absolute atomic E-state index is 0.146. The zero-order valence-corrected chi connectivity index (χ0v) is 11.1. The van der Waals surface area contributed by atoms with Crippen LogP contribution in [0.2, 0.25) is 0 Å². The molecular formula is C13H26N2O. The van der Waals surface area contributed by atoms with E-state index in [1.165, 1.54) is 19.3 Å². The number of hydrogen-bond donors (Lipinski definition) is 2. The van der Waals surface area contributed by atoms with Crippen molar-refractivity contribution in [3.63, 3.8) is 0 Å². The molecule has 16 heavy (non-hydrogen) atoms. The molecule has 2 N–H and O–H groups in total. The summed E-state index contributed by atoms with van der Waals surface area (Å²) in [6.45, 7) is 9.75. The summed E-state index contributed by atoms with van der Waals surface area (Å²) in [7, 11) is 0. The maximum atomic E-state index is 11.8. The van der Waals surface area contributed by atoms with E-state index in [0.717, 1.165) is 12.5 Å². The lowest BCUT2D eigenvalue weighted by atomic mass is 9.91. The van der Waals surface area contributed by atoms with Crippen LogP contribution in [-0.2, 0) is 4.79 Å². The fourth-order valence-corrected chi connectivity index (χ4v) is 2.32. The van der Waals surface area contributed by atoms with E-state index in [1.807, 2.05) is 20.8 Å². The second kappa shape index (κ2) is 5.67. The summed E-state index contributed by atoms with van der Waals surface area (Å²) in [5.41, 5.74) is -0.307. The molecule has 0 aromatic rings. The summed E-state index contributed by atoms with van der Waals surface area (Å²) < 4.78 is 0. The third-order valence-corrected chi connectivity index (χ3v) is 3.62. The number of hydrogen-bond acceptors (Lipinski definition) is 2. The highest BCUT2D eigenvalue weighted by Crippen LogP contribution is 2.25. The van der Waals surface area contributed by atoms with Gasteiger partial charge >= 0.3 is 0 Å². The van der Waals surface area contributed by atoms with Crippen LogP contribution in [0.15, 0.2) is 0 Å². The van der Waals surface area contributed by atoms with Gasteiger partial charge in [-0.15, -0.1) is 0 Å². The molecule has 0 aromatic carbocycles. The van der Waals surface area contributed by atoms with Crippen LogP contribution in [0.5, 0.6) is 0 Å². The van der Waals surface area contributed by atoms with Crippen LogP contribution >= 0.6 is 0 Å². The molecule has 1 rings (SSSR count). The third kappa shape index (κ3) is 3.48. The first-order valence-corrected chi connectivity index (χ1v) is 6.49. The predicted molar refractivity (Wildman–Crippen MR) is 67.3 cm³/mol. The number of carbonyl (C=O) groups is 1. The van der Waals surface area contributed by atoms with Crippen LogP contribution in [0.25, 0.3) is 0 Å². The molecule has 1 aliphatic carbocycles. The van der Waals surface area contributed by atoms with Gasteiger partial charge in [0.05, 0.1) is 5.41 Å². The summed E-state index contributed by atoms with van der Waals surface area (Å²) in [5, 5.41) is 6.44. The zero-order chi connectivity index (χ0) is 12.2. The number of amides is 1. The van der Waals surface area contributed by atoms with Gasteiger partial charge in [0, 0.05) is 19.1 Å². The van der Waals surface area contributed by atoms with Gasteiger partial charge in [-0.3, -0.25) is 4.79 Å². The van der Waals surface area contributed by atoms with E-state index in [4.69, 9.17) is 0 Å². The van der Waals surface area contributed by atoms with Crippen LogP contribution in [0.4, 0.5) is 0 Å². The topological polar surface area (TPSA) is 41.1 Å². The molecule has 1 amide bonds. The number of carbonyl (C=O) groups excluding carboxylic acids is 1. The van der Waals surface area contributed by atoms with Crippen LogP contribution < -0.4 is 10.6 Å². The van der Waals surface area contributed by atoms with Crippen molar-refractivity contribution < 1.29 is 4.79 Å². The Labute approximate surface area is 99.4 Å². The first-order valence-electron chi connectivity index (χ1n) is 6.49. The van der Waals surface area contributed by atoms with E-state index in [2.05, 4.69) is 17.6 Å². The molecule has 3 nitrogen and oxygen atoms in total. The molecule has 0 bridgehead atoms. The van der Waals surface area contributed by atoms with Crippen molar-refractivity contribution in [2.45, 2.75) is 53.0 Å². The highest BCUT2D eigenvalue weighted by molar-refractivity contribution is 5.81. The van der Waals surface area contributed by atoms with Gasteiger partial charge in [0.15, 0.2) is 0 Å². The maximum Gasteiger partial charge on any atom is 0.226 e. The Morgan fingerprint density at radius 1 is 1.38 bits per heavy atom. The average Bonchev–Trinajstić information content (AvgIpc) is 2.61. The Balaban J connectivity index is 2.37. The maximum absolute atomic E-state index is 11.8. The lowest BCUT2D eigenvalue weighted by Gasteiger charge is -2.27. The van der Waals surface area contributed by atoms with E-state index in [1.54, 1.807) is 0 Å². The Morgan fingerprint density at radius 3 is 2.56 bits per heavy atom. The SMILES string of the molecule is CCNC(=O)C(C)(C)CNC1CCCC1C. The first-order chi connectivity index (χ1) is 7.47. The lowest BCUT2D eigenvalue weighted by Crippen LogP contribution is -2.46. The fourth-order valence-electron chi connectivity index (χ4n) is 2.32. The van der Waals surface area contributed by atoms with Gasteiger partial charge in [-0.25, -0.2) is 0 Å². The summed E-state index contributed by atoms with van der Waals surface area (Å²) >= 11 is 0. The molecule has 3 heteroatoms. The van der Waals surface area contributed by atoms with Crippen LogP contribution in [0, 0.1) is 11.3 Å². The van der Waals surface area contributed by atoms with Gasteiger partial charge in [-0.1, -0.05) is 13.3 Å². The summed E-state index contributed by atoms with van der Waals surface area (Å²) in [6.07, 6.45) is 3.90. The van der Waals surface area contributed by atoms with Crippen molar-refractivity contribution in [3.8, 4) is 0 Å². The van der Waals surface area contributed by atoms with E-state index < -0.39 is 0 Å². The quantitative estimate of drug-likeness (QED) is 0.752. The van der Waals surface area contributed by atoms with E-state index in [9.17, 15) is 4.79 Å². The lowest BCUT2D eigenvalue weighted by molar-refractivity contribution is -0.129. The molecule has 0 radical (unpaired) electrons. The van der Waals surface area contributed by atoms with Crippen LogP contribution in [0.1, 0.15) is 47.0 Å². The average molecular weight is 226 g/mol. The minimum Gasteiger partial charge on any atom is -0.356 e. The Bertz CT molecular complexity index is 238. The van der Waals surface area contributed by atoms with E-state index in [0.29, 0.717) is 12.6 Å². The Morgan fingerprint density at radius 2 is 2.06 bits per heavy atom. The largest absolute Gasteiger partial charge is 0.356 e. The molecule has 1 fully saturated rings. The van der Waals surface area contributed by atoms with E-state index in [-0.39, 0.29) is 11.3 Å². The smallest absolute Gasteiger partial charge is 0.226 e. The van der Waals surface area contributed by atoms with Crippen LogP contribution in [-0.4, -0.2) is 25.0 Å². The second-order valence-electron chi connectivity index (χ2n) is 5.64. The molecule has 0 heterocycles. The molecule has 2 unspecified atom stereocenters. The second-order valence-corrected chi connectivity index (χ2v) is 5.64. The molecule has 94 valence electrons. The summed E-state index contributed by atoms with van der Waals surface area (Å²) in [6, 6.07) is 0.605. The van der Waals surface area contributed by atoms with Crippen molar-refractivity contribution in [3.05, 3.63) is 0 Å². The molecule has 0 spiro atoms. The van der Waals surface area contributed by atoms with Crippen molar-refractivity contribution in [2.24, 2.45) is 11.3 Å². The molecule has 0 aromatic heterocycles. The highest BCUT2D eigenvalue weighted by atomic mass is 16.2. The van der Waals surface area contributed by atoms with Gasteiger partial charge in [0.2, 0.25) is 5.91 Å². The van der Waals surface area contributed by atoms with Crippen molar-refractivity contribution in [2.75, 3.05) is 13.1 Å². The Hall–Kier alpha value is -0.570. The highest BCUT2D eigenvalue weighted by Gasteiger charge is 2.30. The van der Waals surface area contributed by atoms with Crippen molar-refractivity contribution in [1.82, 2.24) is 10.6 Å². The molecular weight excluding hydrogens is 200 g/mol. The van der Waals surface area contributed by atoms with Gasteiger partial charge in [-0.2, -0.15) is 0 Å². The van der Waals surface area contributed by atoms with Gasteiger partial charge in [-0.05, 0) is 39.5 Å². The van der Waals surface area contributed by atoms with Crippen LogP contribution in [0.3, 0.4) is 0 Å². The zero-order valence-electron chi connectivity index (χ0n) is 11.1. The normalized spacial score (nSPS) is 25.8. The van der Waals surface area contributed by atoms with E-state index >= 15 is 0 Å². The Kier molecular flexibility index (Phi) is 4.78. The fraction of sp³-hybridized carbons (Fsp3) is 0.923. The standard InChI is InChI=1S/C13H26N2O/c1-5-14-12(16)13(3,4)9-15-11-8-6-7-10(11)2/h10-11,15H,5-9H2,1-4H3,(H,14,16). The third-order valence-electron chi connectivity index (χ3n) is 3.62. The number of nitrogens with one attached hydrogen (secondary N) is 2. The first kappa shape index (κ1) is 13.5. The molecule has 0 aliphatic heterocycles. The van der Waals surface area contributed by atoms with Crippen molar-refractivity contribution >= 4 is 5.91 Å². The summed E-state index contributed by atoms with van der Waals surface area (Å²) in [4.78, 5) is 11.8. The summed E-state index contributed by atoms with van der Waals surface area (Å²) in [5.74, 6) is 0.901. The number of rotatable bonds is 5. The minimum atomic E-state index is -0.307. The van der Waals surface area contributed by atoms with Crippen molar-refractivity contribution in [1.29, 1.82) is 0 Å². The van der Waals surface area contributed by atoms with Gasteiger partial charge < -0.3 is 10.6 Å². The molecule has 1 saturated carbocycles. The van der Waals surface area contributed by atoms with Gasteiger partial charge in [0.25, 0.3) is 0 Å². The monoisotopic (exact) mass is 226 g/mol.